The van der Waals surface area contributed by atoms with Gasteiger partial charge in [-0.05, 0) is 55.0 Å². The summed E-state index contributed by atoms with van der Waals surface area (Å²) in [5, 5.41) is 8.69. The third-order valence-electron chi connectivity index (χ3n) is 3.54. The Bertz CT molecular complexity index is 516. The molecule has 0 saturated heterocycles. The van der Waals surface area contributed by atoms with E-state index >= 15 is 0 Å². The number of hydrogen-bond acceptors (Lipinski definition) is 2. The molecule has 1 aromatic rings. The molecule has 1 aliphatic rings. The maximum Gasteiger partial charge on any atom is 0.328 e. The molecule has 0 aromatic heterocycles. The fourth-order valence-electron chi connectivity index (χ4n) is 2.43. The van der Waals surface area contributed by atoms with Crippen molar-refractivity contribution in [2.45, 2.75) is 39.7 Å². The van der Waals surface area contributed by atoms with Crippen LogP contribution in [0.1, 0.15) is 37.8 Å². The van der Waals surface area contributed by atoms with Gasteiger partial charge in [-0.3, -0.25) is 0 Å². The summed E-state index contributed by atoms with van der Waals surface area (Å²) in [4.78, 5) is 13.1. The number of hydrogen-bond donors (Lipinski definition) is 1. The predicted molar refractivity (Wildman–Crippen MR) is 83.1 cm³/mol. The zero-order valence-corrected chi connectivity index (χ0v) is 12.5. The Hall–Kier alpha value is -1.77. The van der Waals surface area contributed by atoms with Crippen LogP contribution in [-0.2, 0) is 4.79 Å². The van der Waals surface area contributed by atoms with Crippen molar-refractivity contribution in [3.8, 4) is 0 Å². The maximum absolute atomic E-state index is 10.6. The number of aryl methyl sites for hydroxylation is 1. The van der Waals surface area contributed by atoms with Gasteiger partial charge in [0.2, 0.25) is 0 Å². The second kappa shape index (κ2) is 6.12. The van der Waals surface area contributed by atoms with Crippen LogP contribution in [0.4, 0.5) is 5.69 Å². The number of aliphatic carboxylic acids is 1. The van der Waals surface area contributed by atoms with Crippen LogP contribution < -0.4 is 4.90 Å². The quantitative estimate of drug-likeness (QED) is 0.803. The second-order valence-corrected chi connectivity index (χ2v) is 5.99. The van der Waals surface area contributed by atoms with Gasteiger partial charge in [0.25, 0.3) is 0 Å². The van der Waals surface area contributed by atoms with E-state index in [-0.39, 0.29) is 0 Å². The lowest BCUT2D eigenvalue weighted by Crippen LogP contribution is -2.29. The van der Waals surface area contributed by atoms with E-state index in [1.54, 1.807) is 6.08 Å². The molecule has 0 radical (unpaired) electrons. The van der Waals surface area contributed by atoms with Crippen molar-refractivity contribution in [1.82, 2.24) is 0 Å². The summed E-state index contributed by atoms with van der Waals surface area (Å²) in [6.07, 6.45) is 5.42. The molecule has 1 aliphatic carbocycles. The molecule has 0 atom stereocenters. The van der Waals surface area contributed by atoms with Gasteiger partial charge in [0.15, 0.2) is 0 Å². The van der Waals surface area contributed by atoms with Crippen LogP contribution in [0.2, 0.25) is 0 Å². The number of carboxylic acids is 1. The summed E-state index contributed by atoms with van der Waals surface area (Å²) in [6, 6.07) is 6.98. The van der Waals surface area contributed by atoms with E-state index in [1.807, 2.05) is 13.0 Å². The summed E-state index contributed by atoms with van der Waals surface area (Å²) < 4.78 is 0. The van der Waals surface area contributed by atoms with Crippen molar-refractivity contribution in [2.75, 3.05) is 11.4 Å². The van der Waals surface area contributed by atoms with E-state index in [9.17, 15) is 4.79 Å². The van der Waals surface area contributed by atoms with Crippen LogP contribution in [0.5, 0.6) is 0 Å². The first kappa shape index (κ1) is 14.6. The van der Waals surface area contributed by atoms with Crippen LogP contribution >= 0.6 is 0 Å². The van der Waals surface area contributed by atoms with Crippen molar-refractivity contribution >= 4 is 17.7 Å². The lowest BCUT2D eigenvalue weighted by molar-refractivity contribution is -0.131. The Kier molecular flexibility index (Phi) is 4.48. The smallest absolute Gasteiger partial charge is 0.328 e. The van der Waals surface area contributed by atoms with Gasteiger partial charge in [-0.15, -0.1) is 0 Å². The maximum atomic E-state index is 10.6. The number of carboxylic acid groups (broad SMARTS) is 1. The van der Waals surface area contributed by atoms with Crippen molar-refractivity contribution in [2.24, 2.45) is 5.92 Å². The third-order valence-corrected chi connectivity index (χ3v) is 3.54. The molecule has 20 heavy (non-hydrogen) atoms. The lowest BCUT2D eigenvalue weighted by atomic mass is 10.1. The molecule has 0 bridgehead atoms. The molecule has 0 heterocycles. The van der Waals surface area contributed by atoms with Gasteiger partial charge in [0.05, 0.1) is 0 Å². The van der Waals surface area contributed by atoms with Crippen LogP contribution in [0.25, 0.3) is 6.08 Å². The molecular weight excluding hydrogens is 250 g/mol. The topological polar surface area (TPSA) is 40.5 Å². The van der Waals surface area contributed by atoms with E-state index in [1.165, 1.54) is 24.6 Å². The summed E-state index contributed by atoms with van der Waals surface area (Å²) in [5.74, 6) is -0.268. The first-order chi connectivity index (χ1) is 9.47. The van der Waals surface area contributed by atoms with Gasteiger partial charge in [-0.2, -0.15) is 0 Å². The highest BCUT2D eigenvalue weighted by Gasteiger charge is 2.29. The van der Waals surface area contributed by atoms with Gasteiger partial charge in [0.1, 0.15) is 0 Å². The van der Waals surface area contributed by atoms with Crippen LogP contribution in [0, 0.1) is 12.8 Å². The molecule has 3 nitrogen and oxygen atoms in total. The molecule has 0 spiro atoms. The number of anilines is 1. The predicted octanol–water partition coefficient (Wildman–Crippen LogP) is 3.72. The van der Waals surface area contributed by atoms with Crippen molar-refractivity contribution in [3.05, 3.63) is 35.4 Å². The Balaban J connectivity index is 2.20. The first-order valence-electron chi connectivity index (χ1n) is 7.25. The van der Waals surface area contributed by atoms with Gasteiger partial charge in [-0.1, -0.05) is 19.9 Å². The van der Waals surface area contributed by atoms with E-state index in [0.29, 0.717) is 12.0 Å². The van der Waals surface area contributed by atoms with Gasteiger partial charge in [0, 0.05) is 24.4 Å². The average Bonchev–Trinajstić information content (AvgIpc) is 3.18. The van der Waals surface area contributed by atoms with Crippen molar-refractivity contribution in [3.63, 3.8) is 0 Å². The van der Waals surface area contributed by atoms with E-state index < -0.39 is 5.97 Å². The SMILES string of the molecule is Cc1cc(N(CC(C)C)C2CC2)ccc1C=CC(=O)O. The number of benzene rings is 1. The summed E-state index contributed by atoms with van der Waals surface area (Å²) in [7, 11) is 0. The Labute approximate surface area is 120 Å². The molecule has 1 saturated carbocycles. The Morgan fingerprint density at radius 3 is 2.65 bits per heavy atom. The fraction of sp³-hybridized carbons (Fsp3) is 0.471. The van der Waals surface area contributed by atoms with Crippen molar-refractivity contribution < 1.29 is 9.90 Å². The molecule has 0 amide bonds. The standard InChI is InChI=1S/C17H23NO2/c1-12(2)11-18(15-7-8-15)16-6-4-14(13(3)10-16)5-9-17(19)20/h4-6,9-10,12,15H,7-8,11H2,1-3H3,(H,19,20). The zero-order chi connectivity index (χ0) is 14.7. The lowest BCUT2D eigenvalue weighted by Gasteiger charge is -2.27. The molecule has 0 aliphatic heterocycles. The largest absolute Gasteiger partial charge is 0.478 e. The summed E-state index contributed by atoms with van der Waals surface area (Å²) in [5.41, 5.74) is 3.34. The van der Waals surface area contributed by atoms with Crippen LogP contribution in [0.15, 0.2) is 24.3 Å². The third kappa shape index (κ3) is 3.86. The number of carbonyl (C=O) groups is 1. The first-order valence-corrected chi connectivity index (χ1v) is 7.25. The minimum absolute atomic E-state index is 0.641. The monoisotopic (exact) mass is 273 g/mol. The molecule has 2 rings (SSSR count). The average molecular weight is 273 g/mol. The van der Waals surface area contributed by atoms with Gasteiger partial charge in [-0.25, -0.2) is 4.79 Å². The molecule has 3 heteroatoms. The molecule has 108 valence electrons. The highest BCUT2D eigenvalue weighted by molar-refractivity contribution is 5.85. The van der Waals surface area contributed by atoms with Crippen LogP contribution in [-0.4, -0.2) is 23.7 Å². The molecule has 1 N–H and O–H groups in total. The minimum atomic E-state index is -0.909. The van der Waals surface area contributed by atoms with Crippen LogP contribution in [0.3, 0.4) is 0 Å². The summed E-state index contributed by atoms with van der Waals surface area (Å²) >= 11 is 0. The zero-order valence-electron chi connectivity index (χ0n) is 12.5. The molecule has 1 aromatic carbocycles. The van der Waals surface area contributed by atoms with E-state index in [2.05, 4.69) is 30.9 Å². The van der Waals surface area contributed by atoms with E-state index in [0.717, 1.165) is 17.7 Å². The normalized spacial score (nSPS) is 15.0. The Morgan fingerprint density at radius 1 is 1.45 bits per heavy atom. The molecular formula is C17H23NO2. The Morgan fingerprint density at radius 2 is 2.15 bits per heavy atom. The fourth-order valence-corrected chi connectivity index (χ4v) is 2.43. The number of nitrogens with zero attached hydrogens (tertiary/aromatic N) is 1. The second-order valence-electron chi connectivity index (χ2n) is 5.99. The number of rotatable bonds is 6. The van der Waals surface area contributed by atoms with Gasteiger partial charge < -0.3 is 10.0 Å². The van der Waals surface area contributed by atoms with Crippen molar-refractivity contribution in [1.29, 1.82) is 0 Å². The molecule has 1 fully saturated rings. The highest BCUT2D eigenvalue weighted by Crippen LogP contribution is 2.33. The minimum Gasteiger partial charge on any atom is -0.478 e. The molecule has 0 unspecified atom stereocenters. The van der Waals surface area contributed by atoms with E-state index in [4.69, 9.17) is 5.11 Å². The van der Waals surface area contributed by atoms with Gasteiger partial charge >= 0.3 is 5.97 Å². The highest BCUT2D eigenvalue weighted by atomic mass is 16.4. The summed E-state index contributed by atoms with van der Waals surface area (Å²) in [6.45, 7) is 7.60.